The van der Waals surface area contributed by atoms with Crippen molar-refractivity contribution >= 4 is 5.91 Å². The first-order valence-electron chi connectivity index (χ1n) is 5.79. The number of hydrogen-bond acceptors (Lipinski definition) is 2. The highest BCUT2D eigenvalue weighted by molar-refractivity contribution is 5.79. The quantitative estimate of drug-likeness (QED) is 0.549. The molecule has 2 unspecified atom stereocenters. The number of rotatable bonds is 3. The number of nitrogens with two attached hydrogens (primary N) is 1. The molecule has 0 aromatic rings. The Morgan fingerprint density at radius 2 is 2.07 bits per heavy atom. The number of amides is 1. The fraction of sp³-hybridized carbons (Fsp3) is 0.750. The number of nitrogens with one attached hydrogen (secondary N) is 1. The monoisotopic (exact) mass is 210 g/mol. The second kappa shape index (κ2) is 5.91. The molecule has 3 heteroatoms. The zero-order valence-corrected chi connectivity index (χ0v) is 9.59. The highest BCUT2D eigenvalue weighted by atomic mass is 16.1. The van der Waals surface area contributed by atoms with Gasteiger partial charge in [0.1, 0.15) is 0 Å². The van der Waals surface area contributed by atoms with E-state index in [9.17, 15) is 4.79 Å². The van der Waals surface area contributed by atoms with Gasteiger partial charge in [0.05, 0.1) is 5.92 Å². The summed E-state index contributed by atoms with van der Waals surface area (Å²) in [6.45, 7) is 6.25. The lowest BCUT2D eigenvalue weighted by Gasteiger charge is -2.20. The van der Waals surface area contributed by atoms with Crippen LogP contribution in [0.15, 0.2) is 12.2 Å². The topological polar surface area (TPSA) is 55.1 Å². The van der Waals surface area contributed by atoms with Gasteiger partial charge in [0.15, 0.2) is 0 Å². The minimum atomic E-state index is 0.00634. The average Bonchev–Trinajstić information content (AvgIpc) is 2.39. The van der Waals surface area contributed by atoms with Gasteiger partial charge < -0.3 is 11.1 Å². The molecule has 2 atom stereocenters. The molecule has 3 nitrogen and oxygen atoms in total. The fourth-order valence-corrected chi connectivity index (χ4v) is 2.03. The van der Waals surface area contributed by atoms with Crippen molar-refractivity contribution in [3.8, 4) is 0 Å². The molecule has 15 heavy (non-hydrogen) atoms. The first kappa shape index (κ1) is 12.2. The van der Waals surface area contributed by atoms with Crippen LogP contribution in [0, 0.1) is 5.92 Å². The molecular formula is C12H22N2O. The van der Waals surface area contributed by atoms with Crippen LogP contribution in [-0.4, -0.2) is 18.5 Å². The summed E-state index contributed by atoms with van der Waals surface area (Å²) in [7, 11) is 0. The third-order valence-corrected chi connectivity index (χ3v) is 2.97. The zero-order valence-electron chi connectivity index (χ0n) is 9.59. The molecule has 0 heterocycles. The van der Waals surface area contributed by atoms with Gasteiger partial charge in [-0.25, -0.2) is 0 Å². The fourth-order valence-electron chi connectivity index (χ4n) is 2.03. The predicted octanol–water partition coefficient (Wildman–Crippen LogP) is 1.59. The van der Waals surface area contributed by atoms with E-state index in [4.69, 9.17) is 5.73 Å². The number of carbonyl (C=O) groups is 1. The predicted molar refractivity (Wildman–Crippen MR) is 62.4 cm³/mol. The zero-order chi connectivity index (χ0) is 11.3. The van der Waals surface area contributed by atoms with Gasteiger partial charge in [0, 0.05) is 12.6 Å². The Hall–Kier alpha value is -0.830. The SMILES string of the molecule is C=C(C)CNC(=O)C1CCCCCC1N. The molecule has 1 amide bonds. The van der Waals surface area contributed by atoms with Crippen LogP contribution in [0.5, 0.6) is 0 Å². The van der Waals surface area contributed by atoms with E-state index in [2.05, 4.69) is 11.9 Å². The molecule has 1 aliphatic carbocycles. The second-order valence-electron chi connectivity index (χ2n) is 4.58. The van der Waals surface area contributed by atoms with Gasteiger partial charge in [0.2, 0.25) is 5.91 Å². The summed E-state index contributed by atoms with van der Waals surface area (Å²) in [5, 5.41) is 2.89. The molecule has 0 radical (unpaired) electrons. The molecule has 3 N–H and O–H groups in total. The summed E-state index contributed by atoms with van der Waals surface area (Å²) in [5.74, 6) is 0.110. The third kappa shape index (κ3) is 4.04. The summed E-state index contributed by atoms with van der Waals surface area (Å²) < 4.78 is 0. The van der Waals surface area contributed by atoms with Gasteiger partial charge >= 0.3 is 0 Å². The van der Waals surface area contributed by atoms with Gasteiger partial charge in [-0.3, -0.25) is 4.79 Å². The summed E-state index contributed by atoms with van der Waals surface area (Å²) in [6.07, 6.45) is 5.40. The average molecular weight is 210 g/mol. The van der Waals surface area contributed by atoms with E-state index in [-0.39, 0.29) is 17.9 Å². The van der Waals surface area contributed by atoms with Crippen LogP contribution in [0.2, 0.25) is 0 Å². The van der Waals surface area contributed by atoms with Crippen LogP contribution in [-0.2, 0) is 4.79 Å². The van der Waals surface area contributed by atoms with Gasteiger partial charge in [0.25, 0.3) is 0 Å². The first-order valence-corrected chi connectivity index (χ1v) is 5.79. The van der Waals surface area contributed by atoms with E-state index in [1.54, 1.807) is 0 Å². The Labute approximate surface area is 92.1 Å². The van der Waals surface area contributed by atoms with E-state index in [0.717, 1.165) is 31.3 Å². The van der Waals surface area contributed by atoms with Crippen LogP contribution < -0.4 is 11.1 Å². The summed E-state index contributed by atoms with van der Waals surface area (Å²) >= 11 is 0. The molecule has 0 spiro atoms. The Kier molecular flexibility index (Phi) is 4.82. The van der Waals surface area contributed by atoms with E-state index in [1.165, 1.54) is 6.42 Å². The molecule has 1 saturated carbocycles. The van der Waals surface area contributed by atoms with Crippen LogP contribution in [0.3, 0.4) is 0 Å². The summed E-state index contributed by atoms with van der Waals surface area (Å²) in [5.41, 5.74) is 6.98. The van der Waals surface area contributed by atoms with Crippen LogP contribution in [0.1, 0.15) is 39.0 Å². The Morgan fingerprint density at radius 3 is 2.73 bits per heavy atom. The van der Waals surface area contributed by atoms with E-state index in [0.29, 0.717) is 6.54 Å². The largest absolute Gasteiger partial charge is 0.352 e. The van der Waals surface area contributed by atoms with Gasteiger partial charge in [-0.15, -0.1) is 0 Å². The molecule has 0 aromatic heterocycles. The lowest BCUT2D eigenvalue weighted by Crippen LogP contribution is -2.41. The Bertz CT molecular complexity index is 238. The normalized spacial score (nSPS) is 26.8. The minimum absolute atomic E-state index is 0.00634. The molecule has 0 saturated heterocycles. The van der Waals surface area contributed by atoms with Crippen molar-refractivity contribution in [1.82, 2.24) is 5.32 Å². The lowest BCUT2D eigenvalue weighted by molar-refractivity contribution is -0.125. The first-order chi connectivity index (χ1) is 7.11. The highest BCUT2D eigenvalue weighted by Gasteiger charge is 2.26. The standard InChI is InChI=1S/C12H22N2O/c1-9(2)8-14-12(15)10-6-4-3-5-7-11(10)13/h10-11H,1,3-8,13H2,2H3,(H,14,15). The van der Waals surface area contributed by atoms with Crippen molar-refractivity contribution < 1.29 is 4.79 Å². The maximum atomic E-state index is 11.8. The Morgan fingerprint density at radius 1 is 1.40 bits per heavy atom. The van der Waals surface area contributed by atoms with Crippen LogP contribution >= 0.6 is 0 Å². The van der Waals surface area contributed by atoms with Crippen molar-refractivity contribution in [2.75, 3.05) is 6.54 Å². The highest BCUT2D eigenvalue weighted by Crippen LogP contribution is 2.22. The van der Waals surface area contributed by atoms with Crippen molar-refractivity contribution in [1.29, 1.82) is 0 Å². The molecule has 0 aliphatic heterocycles. The van der Waals surface area contributed by atoms with Crippen molar-refractivity contribution in [2.24, 2.45) is 11.7 Å². The maximum absolute atomic E-state index is 11.8. The summed E-state index contributed by atoms with van der Waals surface area (Å²) in [4.78, 5) is 11.8. The molecule has 86 valence electrons. The van der Waals surface area contributed by atoms with Crippen LogP contribution in [0.4, 0.5) is 0 Å². The van der Waals surface area contributed by atoms with Gasteiger partial charge in [-0.2, -0.15) is 0 Å². The van der Waals surface area contributed by atoms with Crippen molar-refractivity contribution in [3.05, 3.63) is 12.2 Å². The smallest absolute Gasteiger partial charge is 0.224 e. The molecule has 0 bridgehead atoms. The molecule has 1 rings (SSSR count). The summed E-state index contributed by atoms with van der Waals surface area (Å²) in [6, 6.07) is 0.0395. The molecule has 0 aromatic carbocycles. The minimum Gasteiger partial charge on any atom is -0.352 e. The van der Waals surface area contributed by atoms with Gasteiger partial charge in [-0.05, 0) is 19.8 Å². The molecular weight excluding hydrogens is 188 g/mol. The maximum Gasteiger partial charge on any atom is 0.224 e. The van der Waals surface area contributed by atoms with E-state index in [1.807, 2.05) is 6.92 Å². The van der Waals surface area contributed by atoms with Crippen LogP contribution in [0.25, 0.3) is 0 Å². The number of carbonyl (C=O) groups excluding carboxylic acids is 1. The van der Waals surface area contributed by atoms with E-state index >= 15 is 0 Å². The molecule has 1 fully saturated rings. The van der Waals surface area contributed by atoms with Crippen molar-refractivity contribution in [2.45, 2.75) is 45.1 Å². The third-order valence-electron chi connectivity index (χ3n) is 2.97. The second-order valence-corrected chi connectivity index (χ2v) is 4.58. The van der Waals surface area contributed by atoms with Gasteiger partial charge in [-0.1, -0.05) is 31.4 Å². The lowest BCUT2D eigenvalue weighted by atomic mass is 9.94. The molecule has 1 aliphatic rings. The number of hydrogen-bond donors (Lipinski definition) is 2. The Balaban J connectivity index is 2.44. The van der Waals surface area contributed by atoms with E-state index < -0.39 is 0 Å². The van der Waals surface area contributed by atoms with Crippen molar-refractivity contribution in [3.63, 3.8) is 0 Å².